The second-order valence-corrected chi connectivity index (χ2v) is 8.78. The standard InChI is InChI=1S/C23H24ClN3O4/c1-14-6-8-17-18(12-14)23(29)26(22(17)28)16-7-9-20(21(13-16)27(30)31)25-11-10-15-4-2-3-5-19(15)24/h2-5,7,9,13-14,17-18,25H,6,8,10-12H2,1H3/t14-,17-,18+/m1/s1. The van der Waals surface area contributed by atoms with Gasteiger partial charge in [0, 0.05) is 17.6 Å². The molecule has 0 radical (unpaired) electrons. The molecule has 4 rings (SSSR count). The predicted octanol–water partition coefficient (Wildman–Crippen LogP) is 4.83. The SMILES string of the molecule is C[C@@H]1CC[C@H]2C(=O)N(c3ccc(NCCc4ccccc4Cl)c([N+](=O)[O-])c3)C(=O)[C@H]2C1. The summed E-state index contributed by atoms with van der Waals surface area (Å²) in [6, 6.07) is 11.9. The van der Waals surface area contributed by atoms with Crippen molar-refractivity contribution in [2.45, 2.75) is 32.6 Å². The van der Waals surface area contributed by atoms with Crippen LogP contribution in [0, 0.1) is 27.9 Å². The highest BCUT2D eigenvalue weighted by atomic mass is 35.5. The van der Waals surface area contributed by atoms with Gasteiger partial charge in [0.15, 0.2) is 0 Å². The summed E-state index contributed by atoms with van der Waals surface area (Å²) in [5.41, 5.74) is 1.38. The van der Waals surface area contributed by atoms with Crippen molar-refractivity contribution in [1.29, 1.82) is 0 Å². The molecule has 1 saturated heterocycles. The molecule has 0 bridgehead atoms. The van der Waals surface area contributed by atoms with Gasteiger partial charge in [-0.15, -0.1) is 0 Å². The first kappa shape index (κ1) is 21.3. The molecule has 2 aromatic rings. The van der Waals surface area contributed by atoms with Crippen LogP contribution in [0.1, 0.15) is 31.7 Å². The number of nitrogens with one attached hydrogen (secondary N) is 1. The Morgan fingerprint density at radius 1 is 1.13 bits per heavy atom. The number of benzene rings is 2. The van der Waals surface area contributed by atoms with Gasteiger partial charge in [0.1, 0.15) is 5.69 Å². The number of halogens is 1. The van der Waals surface area contributed by atoms with Gasteiger partial charge in [0.2, 0.25) is 11.8 Å². The monoisotopic (exact) mass is 441 g/mol. The van der Waals surface area contributed by atoms with E-state index in [1.54, 1.807) is 18.2 Å². The molecular formula is C23H24ClN3O4. The van der Waals surface area contributed by atoms with Gasteiger partial charge < -0.3 is 5.32 Å². The summed E-state index contributed by atoms with van der Waals surface area (Å²) in [5.74, 6) is -0.706. The highest BCUT2D eigenvalue weighted by molar-refractivity contribution is 6.31. The smallest absolute Gasteiger partial charge is 0.294 e. The summed E-state index contributed by atoms with van der Waals surface area (Å²) in [6.07, 6.45) is 2.90. The summed E-state index contributed by atoms with van der Waals surface area (Å²) in [7, 11) is 0. The van der Waals surface area contributed by atoms with Crippen LogP contribution in [0.15, 0.2) is 42.5 Å². The Labute approximate surface area is 185 Å². The summed E-state index contributed by atoms with van der Waals surface area (Å²) >= 11 is 6.16. The van der Waals surface area contributed by atoms with E-state index < -0.39 is 4.92 Å². The van der Waals surface area contributed by atoms with Crippen LogP contribution in [0.5, 0.6) is 0 Å². The Morgan fingerprint density at radius 3 is 2.61 bits per heavy atom. The van der Waals surface area contributed by atoms with Gasteiger partial charge >= 0.3 is 0 Å². The van der Waals surface area contributed by atoms with Crippen molar-refractivity contribution in [3.05, 3.63) is 63.2 Å². The van der Waals surface area contributed by atoms with E-state index in [9.17, 15) is 19.7 Å². The zero-order valence-electron chi connectivity index (χ0n) is 17.2. The molecule has 2 fully saturated rings. The van der Waals surface area contributed by atoms with Crippen LogP contribution in [0.3, 0.4) is 0 Å². The number of anilines is 2. The first-order chi connectivity index (χ1) is 14.9. The van der Waals surface area contributed by atoms with Crippen molar-refractivity contribution in [2.75, 3.05) is 16.8 Å². The summed E-state index contributed by atoms with van der Waals surface area (Å²) in [6.45, 7) is 2.54. The van der Waals surface area contributed by atoms with Gasteiger partial charge in [-0.2, -0.15) is 0 Å². The number of nitro benzene ring substituents is 1. The number of hydrogen-bond acceptors (Lipinski definition) is 5. The number of carbonyl (C=O) groups is 2. The molecular weight excluding hydrogens is 418 g/mol. The molecule has 3 atom stereocenters. The quantitative estimate of drug-likeness (QED) is 0.393. The summed E-state index contributed by atoms with van der Waals surface area (Å²) in [4.78, 5) is 38.2. The van der Waals surface area contributed by atoms with Gasteiger partial charge in [-0.05, 0) is 55.4 Å². The number of fused-ring (bicyclic) bond motifs is 1. The van der Waals surface area contributed by atoms with Crippen LogP contribution in [-0.2, 0) is 16.0 Å². The maximum atomic E-state index is 12.9. The van der Waals surface area contributed by atoms with E-state index in [1.165, 1.54) is 6.07 Å². The molecule has 2 aliphatic rings. The Balaban J connectivity index is 1.53. The average Bonchev–Trinajstić information content (AvgIpc) is 2.99. The first-order valence-electron chi connectivity index (χ1n) is 10.5. The third-order valence-electron chi connectivity index (χ3n) is 6.29. The lowest BCUT2D eigenvalue weighted by Crippen LogP contribution is -2.31. The molecule has 7 nitrogen and oxygen atoms in total. The molecule has 162 valence electrons. The molecule has 0 aromatic heterocycles. The molecule has 31 heavy (non-hydrogen) atoms. The fourth-order valence-corrected chi connectivity index (χ4v) is 4.87. The molecule has 1 heterocycles. The van der Waals surface area contributed by atoms with Crippen molar-refractivity contribution < 1.29 is 14.5 Å². The van der Waals surface area contributed by atoms with E-state index in [0.717, 1.165) is 16.9 Å². The number of imide groups is 1. The lowest BCUT2D eigenvalue weighted by molar-refractivity contribution is -0.383. The zero-order valence-corrected chi connectivity index (χ0v) is 18.0. The maximum absolute atomic E-state index is 12.9. The largest absolute Gasteiger partial charge is 0.379 e. The molecule has 1 aliphatic carbocycles. The molecule has 2 aromatic carbocycles. The van der Waals surface area contributed by atoms with E-state index in [0.29, 0.717) is 42.4 Å². The van der Waals surface area contributed by atoms with Gasteiger partial charge in [-0.25, -0.2) is 4.90 Å². The molecule has 2 amide bonds. The van der Waals surface area contributed by atoms with Gasteiger partial charge in [-0.3, -0.25) is 19.7 Å². The van der Waals surface area contributed by atoms with Gasteiger partial charge in [0.05, 0.1) is 22.4 Å². The van der Waals surface area contributed by atoms with Crippen molar-refractivity contribution in [3.63, 3.8) is 0 Å². The molecule has 0 spiro atoms. The van der Waals surface area contributed by atoms with Crippen LogP contribution < -0.4 is 10.2 Å². The molecule has 1 N–H and O–H groups in total. The van der Waals surface area contributed by atoms with E-state index in [-0.39, 0.29) is 35.0 Å². The third kappa shape index (κ3) is 4.14. The Hall–Kier alpha value is -2.93. The lowest BCUT2D eigenvalue weighted by atomic mass is 9.76. The predicted molar refractivity (Wildman–Crippen MR) is 119 cm³/mol. The highest BCUT2D eigenvalue weighted by Gasteiger charge is 2.50. The van der Waals surface area contributed by atoms with Gasteiger partial charge in [0.25, 0.3) is 5.69 Å². The maximum Gasteiger partial charge on any atom is 0.294 e. The zero-order chi connectivity index (χ0) is 22.1. The van der Waals surface area contributed by atoms with Crippen molar-refractivity contribution in [2.24, 2.45) is 17.8 Å². The number of rotatable bonds is 6. The van der Waals surface area contributed by atoms with Crippen LogP contribution in [-0.4, -0.2) is 23.3 Å². The fourth-order valence-electron chi connectivity index (χ4n) is 4.64. The van der Waals surface area contributed by atoms with Crippen LogP contribution in [0.4, 0.5) is 17.1 Å². The number of carbonyl (C=O) groups excluding carboxylic acids is 2. The normalized spacial score (nSPS) is 23.0. The van der Waals surface area contributed by atoms with E-state index in [1.807, 2.05) is 18.2 Å². The lowest BCUT2D eigenvalue weighted by Gasteiger charge is -2.25. The number of nitro groups is 1. The summed E-state index contributed by atoms with van der Waals surface area (Å²) < 4.78 is 0. The van der Waals surface area contributed by atoms with Crippen LogP contribution in [0.25, 0.3) is 0 Å². The van der Waals surface area contributed by atoms with Crippen molar-refractivity contribution >= 4 is 40.5 Å². The van der Waals surface area contributed by atoms with Gasteiger partial charge in [-0.1, -0.05) is 36.7 Å². The molecule has 1 aliphatic heterocycles. The third-order valence-corrected chi connectivity index (χ3v) is 6.66. The first-order valence-corrected chi connectivity index (χ1v) is 10.9. The average molecular weight is 442 g/mol. The second-order valence-electron chi connectivity index (χ2n) is 8.37. The van der Waals surface area contributed by atoms with Crippen molar-refractivity contribution in [3.8, 4) is 0 Å². The molecule has 1 saturated carbocycles. The van der Waals surface area contributed by atoms with Crippen LogP contribution >= 0.6 is 11.6 Å². The fraction of sp³-hybridized carbons (Fsp3) is 0.391. The topological polar surface area (TPSA) is 92.6 Å². The Kier molecular flexibility index (Phi) is 5.96. The molecule has 8 heteroatoms. The second kappa shape index (κ2) is 8.67. The van der Waals surface area contributed by atoms with E-state index in [4.69, 9.17) is 11.6 Å². The van der Waals surface area contributed by atoms with E-state index >= 15 is 0 Å². The highest BCUT2D eigenvalue weighted by Crippen LogP contribution is 2.43. The van der Waals surface area contributed by atoms with Crippen molar-refractivity contribution in [1.82, 2.24) is 0 Å². The minimum atomic E-state index is -0.499. The van der Waals surface area contributed by atoms with E-state index in [2.05, 4.69) is 12.2 Å². The number of amides is 2. The molecule has 0 unspecified atom stereocenters. The number of nitrogens with zero attached hydrogens (tertiary/aromatic N) is 2. The Bertz CT molecular complexity index is 1040. The number of hydrogen-bond donors (Lipinski definition) is 1. The minimum Gasteiger partial charge on any atom is -0.379 e. The summed E-state index contributed by atoms with van der Waals surface area (Å²) in [5, 5.41) is 15.4. The van der Waals surface area contributed by atoms with Crippen LogP contribution in [0.2, 0.25) is 5.02 Å². The minimum absolute atomic E-state index is 0.166. The Morgan fingerprint density at radius 2 is 1.87 bits per heavy atom.